The molecule has 1 N–H and O–H groups in total. The van der Waals surface area contributed by atoms with Crippen LogP contribution in [0.25, 0.3) is 0 Å². The van der Waals surface area contributed by atoms with Crippen molar-refractivity contribution in [2.45, 2.75) is 90.7 Å². The second-order valence-corrected chi connectivity index (χ2v) is 11.1. The van der Waals surface area contributed by atoms with Crippen LogP contribution in [-0.4, -0.2) is 78.1 Å². The van der Waals surface area contributed by atoms with Crippen LogP contribution in [0, 0.1) is 24.2 Å². The Bertz CT molecular complexity index is 880. The fraction of sp³-hybridized carbons (Fsp3) is 0.724. The summed E-state index contributed by atoms with van der Waals surface area (Å²) in [6.45, 7) is 10.0. The average Bonchev–Trinajstić information content (AvgIpc) is 2.88. The van der Waals surface area contributed by atoms with Crippen molar-refractivity contribution in [2.75, 3.05) is 32.8 Å². The third kappa shape index (κ3) is 11.2. The highest BCUT2D eigenvalue weighted by atomic mass is 16.6. The first-order valence-electron chi connectivity index (χ1n) is 13.9. The molecule has 2 aliphatic heterocycles. The number of piperidine rings is 2. The van der Waals surface area contributed by atoms with Gasteiger partial charge < -0.3 is 24.6 Å². The van der Waals surface area contributed by atoms with E-state index in [4.69, 9.17) is 15.9 Å². The largest absolute Gasteiger partial charge is 0.466 e. The molecule has 0 unspecified atom stereocenters. The molecule has 212 valence electrons. The van der Waals surface area contributed by atoms with Gasteiger partial charge in [-0.3, -0.25) is 14.4 Å². The van der Waals surface area contributed by atoms with Crippen molar-refractivity contribution in [1.82, 2.24) is 15.1 Å². The highest BCUT2D eigenvalue weighted by molar-refractivity contribution is 5.88. The van der Waals surface area contributed by atoms with Crippen LogP contribution in [0.1, 0.15) is 79.1 Å². The first-order chi connectivity index (χ1) is 18.0. The Morgan fingerprint density at radius 2 is 1.79 bits per heavy atom. The van der Waals surface area contributed by atoms with Gasteiger partial charge in [-0.25, -0.2) is 4.79 Å². The molecule has 2 aliphatic rings. The van der Waals surface area contributed by atoms with Gasteiger partial charge in [0.25, 0.3) is 0 Å². The number of unbranched alkanes of at least 4 members (excludes halogenated alkanes) is 2. The number of nitrogens with zero attached hydrogens (tertiary/aromatic N) is 2. The summed E-state index contributed by atoms with van der Waals surface area (Å²) in [6, 6.07) is -0.737. The Morgan fingerprint density at radius 1 is 1.08 bits per heavy atom. The summed E-state index contributed by atoms with van der Waals surface area (Å²) < 4.78 is 10.6. The highest BCUT2D eigenvalue weighted by Crippen LogP contribution is 2.22. The summed E-state index contributed by atoms with van der Waals surface area (Å²) in [6.07, 6.45) is 14.4. The number of carbonyl (C=O) groups excluding carboxylic acids is 4. The van der Waals surface area contributed by atoms with Crippen LogP contribution in [0.2, 0.25) is 0 Å². The van der Waals surface area contributed by atoms with Crippen LogP contribution < -0.4 is 5.32 Å². The molecule has 2 heterocycles. The molecule has 0 radical (unpaired) electrons. The van der Waals surface area contributed by atoms with Gasteiger partial charge >= 0.3 is 12.1 Å². The standard InChI is InChI=1S/C29H45N3O6/c1-6-8-9-19-37-26(34)20-24(7-2)30-27(35)23-11-10-16-32(21-23)25(33)13-12-22-14-17-31(18-15-22)28(36)38-29(3,4)5/h2,12-13,22-24H,6,8-11,14-21H2,1,3-5H3,(H,30,35)/b13-12+/t23-,24-/m1/s1. The molecule has 0 aromatic rings. The zero-order valence-electron chi connectivity index (χ0n) is 23.5. The van der Waals surface area contributed by atoms with E-state index in [1.54, 1.807) is 15.9 Å². The van der Waals surface area contributed by atoms with Gasteiger partial charge in [0.05, 0.1) is 18.9 Å². The maximum atomic E-state index is 12.8. The molecular weight excluding hydrogens is 486 g/mol. The van der Waals surface area contributed by atoms with E-state index in [9.17, 15) is 19.2 Å². The van der Waals surface area contributed by atoms with E-state index >= 15 is 0 Å². The number of esters is 1. The molecule has 0 aliphatic carbocycles. The fourth-order valence-corrected chi connectivity index (χ4v) is 4.52. The summed E-state index contributed by atoms with van der Waals surface area (Å²) in [5.74, 6) is 1.49. The molecule has 9 heteroatoms. The minimum atomic E-state index is -0.737. The molecule has 2 fully saturated rings. The van der Waals surface area contributed by atoms with Crippen LogP contribution in [-0.2, 0) is 23.9 Å². The van der Waals surface area contributed by atoms with Gasteiger partial charge in [-0.05, 0) is 64.9 Å². The van der Waals surface area contributed by atoms with Gasteiger partial charge in [-0.2, -0.15) is 0 Å². The Morgan fingerprint density at radius 3 is 2.42 bits per heavy atom. The molecule has 2 saturated heterocycles. The zero-order chi connectivity index (χ0) is 28.1. The molecule has 0 bridgehead atoms. The number of hydrogen-bond acceptors (Lipinski definition) is 6. The van der Waals surface area contributed by atoms with Gasteiger partial charge in [-0.15, -0.1) is 6.42 Å². The quantitative estimate of drug-likeness (QED) is 0.200. The number of hydrogen-bond donors (Lipinski definition) is 1. The first kappa shape index (κ1) is 31.2. The van der Waals surface area contributed by atoms with Crippen molar-refractivity contribution in [3.63, 3.8) is 0 Å². The molecule has 3 amide bonds. The lowest BCUT2D eigenvalue weighted by Crippen LogP contribution is -2.47. The van der Waals surface area contributed by atoms with Crippen LogP contribution >= 0.6 is 0 Å². The van der Waals surface area contributed by atoms with Crippen molar-refractivity contribution >= 4 is 23.9 Å². The minimum absolute atomic E-state index is 0.0702. The average molecular weight is 532 g/mol. The summed E-state index contributed by atoms with van der Waals surface area (Å²) in [4.78, 5) is 53.3. The smallest absolute Gasteiger partial charge is 0.410 e. The zero-order valence-corrected chi connectivity index (χ0v) is 23.5. The number of amides is 3. The Kier molecular flexibility index (Phi) is 12.6. The van der Waals surface area contributed by atoms with E-state index in [1.807, 2.05) is 26.8 Å². The van der Waals surface area contributed by atoms with Crippen LogP contribution in [0.4, 0.5) is 4.79 Å². The van der Waals surface area contributed by atoms with Crippen LogP contribution in [0.15, 0.2) is 12.2 Å². The number of carbonyl (C=O) groups is 4. The summed E-state index contributed by atoms with van der Waals surface area (Å²) >= 11 is 0. The Labute approximate surface area is 227 Å². The molecular formula is C29H45N3O6. The van der Waals surface area contributed by atoms with Gasteiger partial charge in [0.15, 0.2) is 0 Å². The van der Waals surface area contributed by atoms with Crippen molar-refractivity contribution in [3.05, 3.63) is 12.2 Å². The van der Waals surface area contributed by atoms with Gasteiger partial charge in [0, 0.05) is 26.2 Å². The van der Waals surface area contributed by atoms with Crippen molar-refractivity contribution < 1.29 is 28.7 Å². The molecule has 0 spiro atoms. The molecule has 2 atom stereocenters. The Hall–Kier alpha value is -3.02. The van der Waals surface area contributed by atoms with E-state index in [0.29, 0.717) is 45.6 Å². The summed E-state index contributed by atoms with van der Waals surface area (Å²) in [5, 5.41) is 2.77. The molecule has 38 heavy (non-hydrogen) atoms. The van der Waals surface area contributed by atoms with E-state index in [1.165, 1.54) is 0 Å². The van der Waals surface area contributed by atoms with Crippen LogP contribution in [0.3, 0.4) is 0 Å². The topological polar surface area (TPSA) is 105 Å². The van der Waals surface area contributed by atoms with E-state index < -0.39 is 17.6 Å². The second kappa shape index (κ2) is 15.4. The lowest BCUT2D eigenvalue weighted by atomic mass is 9.95. The predicted molar refractivity (Wildman–Crippen MR) is 145 cm³/mol. The van der Waals surface area contributed by atoms with Crippen molar-refractivity contribution in [3.8, 4) is 12.3 Å². The monoisotopic (exact) mass is 531 g/mol. The maximum Gasteiger partial charge on any atom is 0.410 e. The van der Waals surface area contributed by atoms with Gasteiger partial charge in [0.1, 0.15) is 11.6 Å². The van der Waals surface area contributed by atoms with Crippen molar-refractivity contribution in [1.29, 1.82) is 0 Å². The Balaban J connectivity index is 1.78. The van der Waals surface area contributed by atoms with E-state index in [0.717, 1.165) is 32.1 Å². The molecule has 9 nitrogen and oxygen atoms in total. The molecule has 2 rings (SSSR count). The predicted octanol–water partition coefficient (Wildman–Crippen LogP) is 3.67. The number of terminal acetylenes is 1. The fourth-order valence-electron chi connectivity index (χ4n) is 4.52. The lowest BCUT2D eigenvalue weighted by molar-refractivity contribution is -0.144. The third-order valence-corrected chi connectivity index (χ3v) is 6.71. The van der Waals surface area contributed by atoms with E-state index in [2.05, 4.69) is 18.2 Å². The summed E-state index contributed by atoms with van der Waals surface area (Å²) in [7, 11) is 0. The molecule has 0 aromatic heterocycles. The maximum absolute atomic E-state index is 12.8. The number of likely N-dealkylation sites (tertiary alicyclic amines) is 2. The van der Waals surface area contributed by atoms with E-state index in [-0.39, 0.29) is 36.2 Å². The number of ether oxygens (including phenoxy) is 2. The van der Waals surface area contributed by atoms with Gasteiger partial charge in [-0.1, -0.05) is 31.8 Å². The number of rotatable bonds is 10. The van der Waals surface area contributed by atoms with Crippen LogP contribution in [0.5, 0.6) is 0 Å². The summed E-state index contributed by atoms with van der Waals surface area (Å²) in [5.41, 5.74) is -0.523. The first-order valence-corrected chi connectivity index (χ1v) is 13.9. The lowest BCUT2D eigenvalue weighted by Gasteiger charge is -2.33. The molecule has 0 aromatic carbocycles. The SMILES string of the molecule is C#C[C@H](CC(=O)OCCCCC)NC(=O)[C@@H]1CCCN(C(=O)/C=C/C2CCN(C(=O)OC(C)(C)C)CC2)C1. The highest BCUT2D eigenvalue weighted by Gasteiger charge is 2.30. The number of allylic oxidation sites excluding steroid dienone is 1. The number of nitrogens with one attached hydrogen (secondary N) is 1. The minimum Gasteiger partial charge on any atom is -0.466 e. The van der Waals surface area contributed by atoms with Gasteiger partial charge in [0.2, 0.25) is 11.8 Å². The third-order valence-electron chi connectivity index (χ3n) is 6.71. The second-order valence-electron chi connectivity index (χ2n) is 11.1. The van der Waals surface area contributed by atoms with Crippen molar-refractivity contribution in [2.24, 2.45) is 11.8 Å². The normalized spacial score (nSPS) is 19.5. The molecule has 0 saturated carbocycles.